The van der Waals surface area contributed by atoms with Gasteiger partial charge >= 0.3 is 0 Å². The zero-order chi connectivity index (χ0) is 17.3. The Morgan fingerprint density at radius 1 is 1.27 bits per heavy atom. The predicted octanol–water partition coefficient (Wildman–Crippen LogP) is 4.41. The quantitative estimate of drug-likeness (QED) is 0.397. The molecule has 0 unspecified atom stereocenters. The van der Waals surface area contributed by atoms with Gasteiger partial charge in [-0.1, -0.05) is 38.3 Å². The SMILES string of the molecule is C=C(C(=C)C(/C=C\C)=C(/N)OCO)/C(C)=C(CC)\C(F)=C/C. The minimum atomic E-state index is -0.533. The zero-order valence-electron chi connectivity index (χ0n) is 13.9. The summed E-state index contributed by atoms with van der Waals surface area (Å²) in [6, 6.07) is 0. The molecule has 0 radical (unpaired) electrons. The van der Waals surface area contributed by atoms with E-state index in [-0.39, 0.29) is 11.7 Å². The topological polar surface area (TPSA) is 55.5 Å². The molecule has 122 valence electrons. The first kappa shape index (κ1) is 19.9. The molecule has 0 saturated heterocycles. The van der Waals surface area contributed by atoms with Gasteiger partial charge in [0.05, 0.1) is 0 Å². The van der Waals surface area contributed by atoms with E-state index in [0.717, 1.165) is 0 Å². The molecule has 0 aliphatic heterocycles. The Balaban J connectivity index is 5.83. The van der Waals surface area contributed by atoms with E-state index in [1.54, 1.807) is 26.0 Å². The maximum absolute atomic E-state index is 13.9. The Kier molecular flexibility index (Phi) is 8.87. The van der Waals surface area contributed by atoms with Crippen molar-refractivity contribution in [2.75, 3.05) is 6.79 Å². The van der Waals surface area contributed by atoms with Crippen LogP contribution in [-0.4, -0.2) is 11.9 Å². The average molecular weight is 307 g/mol. The van der Waals surface area contributed by atoms with E-state index in [0.29, 0.717) is 34.3 Å². The average Bonchev–Trinajstić information content (AvgIpc) is 2.51. The van der Waals surface area contributed by atoms with Crippen LogP contribution in [0.1, 0.15) is 34.1 Å². The van der Waals surface area contributed by atoms with Crippen molar-refractivity contribution in [2.24, 2.45) is 5.73 Å². The van der Waals surface area contributed by atoms with Crippen molar-refractivity contribution in [2.45, 2.75) is 34.1 Å². The molecule has 0 atom stereocenters. The fourth-order valence-corrected chi connectivity index (χ4v) is 2.00. The first-order valence-corrected chi connectivity index (χ1v) is 7.12. The lowest BCUT2D eigenvalue weighted by Crippen LogP contribution is -2.09. The van der Waals surface area contributed by atoms with Crippen molar-refractivity contribution in [1.29, 1.82) is 0 Å². The lowest BCUT2D eigenvalue weighted by atomic mass is 9.91. The smallest absolute Gasteiger partial charge is 0.194 e. The number of nitrogens with two attached hydrogens (primary N) is 1. The highest BCUT2D eigenvalue weighted by Crippen LogP contribution is 2.30. The summed E-state index contributed by atoms with van der Waals surface area (Å²) >= 11 is 0. The van der Waals surface area contributed by atoms with Crippen LogP contribution >= 0.6 is 0 Å². The molecule has 0 saturated carbocycles. The summed E-state index contributed by atoms with van der Waals surface area (Å²) in [7, 11) is 0. The number of aliphatic hydroxyl groups is 1. The first-order valence-electron chi connectivity index (χ1n) is 7.12. The fraction of sp³-hybridized carbons (Fsp3) is 0.333. The molecule has 0 bridgehead atoms. The molecule has 0 amide bonds. The van der Waals surface area contributed by atoms with Crippen molar-refractivity contribution >= 4 is 0 Å². The third-order valence-corrected chi connectivity index (χ3v) is 3.31. The van der Waals surface area contributed by atoms with Crippen LogP contribution in [0.5, 0.6) is 0 Å². The maximum atomic E-state index is 13.9. The summed E-state index contributed by atoms with van der Waals surface area (Å²) in [5.41, 5.74) is 8.69. The first-order chi connectivity index (χ1) is 10.3. The number of hydrogen-bond donors (Lipinski definition) is 2. The molecule has 22 heavy (non-hydrogen) atoms. The van der Waals surface area contributed by atoms with Crippen LogP contribution in [0.25, 0.3) is 0 Å². The van der Waals surface area contributed by atoms with Gasteiger partial charge in [0.1, 0.15) is 5.83 Å². The maximum Gasteiger partial charge on any atom is 0.194 e. The monoisotopic (exact) mass is 307 g/mol. The van der Waals surface area contributed by atoms with Gasteiger partial charge in [-0.05, 0) is 49.5 Å². The molecule has 0 aromatic carbocycles. The molecule has 3 nitrogen and oxygen atoms in total. The number of rotatable bonds is 8. The Labute approximate surface area is 132 Å². The molecule has 4 heteroatoms. The van der Waals surface area contributed by atoms with Gasteiger partial charge in [0.15, 0.2) is 12.7 Å². The number of halogens is 1. The van der Waals surface area contributed by atoms with Crippen molar-refractivity contribution in [3.8, 4) is 0 Å². The van der Waals surface area contributed by atoms with Crippen LogP contribution in [0.4, 0.5) is 4.39 Å². The third-order valence-electron chi connectivity index (χ3n) is 3.31. The van der Waals surface area contributed by atoms with Gasteiger partial charge in [-0.2, -0.15) is 0 Å². The summed E-state index contributed by atoms with van der Waals surface area (Å²) in [4.78, 5) is 0. The van der Waals surface area contributed by atoms with Crippen LogP contribution in [0, 0.1) is 0 Å². The molecule has 0 aromatic heterocycles. The number of hydrogen-bond acceptors (Lipinski definition) is 3. The van der Waals surface area contributed by atoms with Crippen LogP contribution in [0.3, 0.4) is 0 Å². The highest BCUT2D eigenvalue weighted by Gasteiger charge is 2.15. The van der Waals surface area contributed by atoms with Crippen LogP contribution in [0.15, 0.2) is 71.0 Å². The van der Waals surface area contributed by atoms with E-state index < -0.39 is 6.79 Å². The number of ether oxygens (including phenoxy) is 1. The molecule has 0 spiro atoms. The normalized spacial score (nSPS) is 14.5. The predicted molar refractivity (Wildman–Crippen MR) is 90.3 cm³/mol. The van der Waals surface area contributed by atoms with E-state index in [2.05, 4.69) is 13.2 Å². The van der Waals surface area contributed by atoms with E-state index >= 15 is 0 Å². The van der Waals surface area contributed by atoms with Gasteiger partial charge in [0, 0.05) is 5.57 Å². The molecular formula is C18H26FNO2. The lowest BCUT2D eigenvalue weighted by molar-refractivity contribution is 0.0400. The van der Waals surface area contributed by atoms with Gasteiger partial charge < -0.3 is 15.6 Å². The second-order valence-corrected chi connectivity index (χ2v) is 4.60. The lowest BCUT2D eigenvalue weighted by Gasteiger charge is -2.16. The van der Waals surface area contributed by atoms with Gasteiger partial charge in [0.25, 0.3) is 0 Å². The minimum absolute atomic E-state index is 0.0455. The van der Waals surface area contributed by atoms with E-state index in [4.69, 9.17) is 15.6 Å². The van der Waals surface area contributed by atoms with E-state index in [9.17, 15) is 4.39 Å². The molecule has 0 fully saturated rings. The van der Waals surface area contributed by atoms with E-state index in [1.165, 1.54) is 6.08 Å². The summed E-state index contributed by atoms with van der Waals surface area (Å²) in [6.07, 6.45) is 5.45. The third kappa shape index (κ3) is 5.04. The standard InChI is InChI=1S/C18H26FNO2/c1-7-10-16(18(20)22-11-21)14(6)12(4)13(5)15(8-2)17(19)9-3/h7,9-10,21H,4,6,8,11,20H2,1-3,5H3/b10-7-,15-13-,17-9+,18-16-. The van der Waals surface area contributed by atoms with Crippen LogP contribution < -0.4 is 5.73 Å². The molecule has 0 aromatic rings. The highest BCUT2D eigenvalue weighted by atomic mass is 19.1. The Bertz CT molecular complexity index is 551. The zero-order valence-corrected chi connectivity index (χ0v) is 13.9. The Morgan fingerprint density at radius 3 is 2.27 bits per heavy atom. The van der Waals surface area contributed by atoms with Crippen LogP contribution in [-0.2, 0) is 4.74 Å². The summed E-state index contributed by atoms with van der Waals surface area (Å²) in [5.74, 6) is -0.228. The van der Waals surface area contributed by atoms with Crippen molar-refractivity contribution in [3.05, 3.63) is 71.0 Å². The molecule has 0 rings (SSSR count). The molecule has 0 aliphatic carbocycles. The van der Waals surface area contributed by atoms with Crippen LogP contribution in [0.2, 0.25) is 0 Å². The fourth-order valence-electron chi connectivity index (χ4n) is 2.00. The van der Waals surface area contributed by atoms with Crippen molar-refractivity contribution in [1.82, 2.24) is 0 Å². The number of aliphatic hydroxyl groups excluding tert-OH is 1. The second-order valence-electron chi connectivity index (χ2n) is 4.60. The van der Waals surface area contributed by atoms with Gasteiger partial charge in [-0.15, -0.1) is 0 Å². The minimum Gasteiger partial charge on any atom is -0.452 e. The summed E-state index contributed by atoms with van der Waals surface area (Å²) in [5, 5.41) is 8.84. The van der Waals surface area contributed by atoms with Gasteiger partial charge in [-0.25, -0.2) is 4.39 Å². The molecule has 0 heterocycles. The molecule has 0 aliphatic rings. The summed E-state index contributed by atoms with van der Waals surface area (Å²) in [6.45, 7) is 14.6. The second kappa shape index (κ2) is 9.79. The Hall–Kier alpha value is -2.07. The molecule has 3 N–H and O–H groups in total. The molecular weight excluding hydrogens is 281 g/mol. The van der Waals surface area contributed by atoms with Crippen molar-refractivity contribution < 1.29 is 14.2 Å². The highest BCUT2D eigenvalue weighted by molar-refractivity contribution is 5.59. The Morgan fingerprint density at radius 2 is 1.86 bits per heavy atom. The van der Waals surface area contributed by atoms with E-state index in [1.807, 2.05) is 13.8 Å². The van der Waals surface area contributed by atoms with Gasteiger partial charge in [0.2, 0.25) is 0 Å². The number of allylic oxidation sites excluding steroid dienone is 9. The van der Waals surface area contributed by atoms with Gasteiger partial charge in [-0.3, -0.25) is 0 Å². The largest absolute Gasteiger partial charge is 0.452 e. The van der Waals surface area contributed by atoms with Crippen molar-refractivity contribution in [3.63, 3.8) is 0 Å². The summed E-state index contributed by atoms with van der Waals surface area (Å²) < 4.78 is 18.8.